The third-order valence-corrected chi connectivity index (χ3v) is 4.90. The van der Waals surface area contributed by atoms with Crippen LogP contribution in [-0.2, 0) is 9.59 Å². The van der Waals surface area contributed by atoms with Gasteiger partial charge in [0.1, 0.15) is 0 Å². The van der Waals surface area contributed by atoms with Gasteiger partial charge in [0.2, 0.25) is 5.78 Å². The number of hydrogen-bond donors (Lipinski definition) is 1. The van der Waals surface area contributed by atoms with Crippen molar-refractivity contribution in [2.45, 2.75) is 33.6 Å². The number of carboxylic acid groups (broad SMARTS) is 1. The highest BCUT2D eigenvalue weighted by molar-refractivity contribution is 6.33. The summed E-state index contributed by atoms with van der Waals surface area (Å²) in [6, 6.07) is 0. The third-order valence-electron chi connectivity index (χ3n) is 4.90. The summed E-state index contributed by atoms with van der Waals surface area (Å²) in [5.74, 6) is -0.761. The number of carbonyl (C=O) groups excluding carboxylic acids is 1. The van der Waals surface area contributed by atoms with Crippen LogP contribution in [0, 0.1) is 29.1 Å². The van der Waals surface area contributed by atoms with Crippen molar-refractivity contribution in [3.05, 3.63) is 0 Å². The highest BCUT2D eigenvalue weighted by Gasteiger charge is 2.58. The largest absolute Gasteiger partial charge is 0.475 e. The van der Waals surface area contributed by atoms with Crippen LogP contribution in [0.5, 0.6) is 0 Å². The van der Waals surface area contributed by atoms with Crippen LogP contribution in [0.25, 0.3) is 0 Å². The molecule has 0 aromatic rings. The van der Waals surface area contributed by atoms with Crippen molar-refractivity contribution in [1.29, 1.82) is 0 Å². The fourth-order valence-corrected chi connectivity index (χ4v) is 3.65. The molecule has 3 aliphatic rings. The number of ketones is 1. The van der Waals surface area contributed by atoms with Crippen molar-refractivity contribution in [3.8, 4) is 0 Å². The molecule has 3 nitrogen and oxygen atoms in total. The van der Waals surface area contributed by atoms with Crippen molar-refractivity contribution in [2.24, 2.45) is 29.1 Å². The predicted octanol–water partition coefficient (Wildman–Crippen LogP) is 1.96. The molecule has 3 aliphatic carbocycles. The highest BCUT2D eigenvalue weighted by atomic mass is 16.4. The summed E-state index contributed by atoms with van der Waals surface area (Å²) in [7, 11) is 0. The van der Waals surface area contributed by atoms with E-state index in [2.05, 4.69) is 13.8 Å². The SMILES string of the molecule is CC1C(C(=O)C(=O)O)CC2CC1C2(C)C. The number of aliphatic carboxylic acids is 1. The lowest BCUT2D eigenvalue weighted by atomic mass is 9.43. The standard InChI is InChI=1S/C12H18O3/c1-6-8(10(13)11(14)15)4-7-5-9(6)12(7,2)3/h6-9H,4-5H2,1-3H3,(H,14,15). The average Bonchev–Trinajstić information content (AvgIpc) is 2.15. The first-order valence-corrected chi connectivity index (χ1v) is 5.62. The van der Waals surface area contributed by atoms with E-state index in [0.717, 1.165) is 6.42 Å². The number of Topliss-reactive ketones (excluding diaryl/α,β-unsaturated/α-hetero) is 1. The second-order valence-electron chi connectivity index (χ2n) is 5.73. The van der Waals surface area contributed by atoms with Gasteiger partial charge >= 0.3 is 5.97 Å². The van der Waals surface area contributed by atoms with Crippen molar-refractivity contribution < 1.29 is 14.7 Å². The Labute approximate surface area is 89.9 Å². The number of rotatable bonds is 2. The van der Waals surface area contributed by atoms with E-state index in [1.807, 2.05) is 6.92 Å². The summed E-state index contributed by atoms with van der Waals surface area (Å²) in [4.78, 5) is 22.2. The van der Waals surface area contributed by atoms with Crippen LogP contribution in [0.2, 0.25) is 0 Å². The van der Waals surface area contributed by atoms with E-state index in [1.54, 1.807) is 0 Å². The molecule has 3 heteroatoms. The Hall–Kier alpha value is -0.860. The van der Waals surface area contributed by atoms with Gasteiger partial charge in [0.15, 0.2) is 0 Å². The van der Waals surface area contributed by atoms with Gasteiger partial charge < -0.3 is 5.11 Å². The number of carbonyl (C=O) groups is 2. The summed E-state index contributed by atoms with van der Waals surface area (Å²) in [5.41, 5.74) is 0.314. The topological polar surface area (TPSA) is 54.4 Å². The maximum atomic E-state index is 11.5. The molecule has 2 bridgehead atoms. The molecule has 1 N–H and O–H groups in total. The van der Waals surface area contributed by atoms with Gasteiger partial charge in [-0.3, -0.25) is 4.79 Å². The second-order valence-corrected chi connectivity index (χ2v) is 5.73. The summed E-state index contributed by atoms with van der Waals surface area (Å²) in [5, 5.41) is 8.73. The van der Waals surface area contributed by atoms with Gasteiger partial charge in [0, 0.05) is 5.92 Å². The zero-order valence-electron chi connectivity index (χ0n) is 9.49. The minimum atomic E-state index is -1.26. The minimum Gasteiger partial charge on any atom is -0.475 e. The summed E-state index contributed by atoms with van der Waals surface area (Å²) >= 11 is 0. The Kier molecular flexibility index (Phi) is 2.18. The smallest absolute Gasteiger partial charge is 0.372 e. The molecule has 84 valence electrons. The van der Waals surface area contributed by atoms with Crippen molar-refractivity contribution in [1.82, 2.24) is 0 Å². The van der Waals surface area contributed by atoms with E-state index < -0.39 is 11.8 Å². The molecule has 3 saturated carbocycles. The molecule has 0 spiro atoms. The Morgan fingerprint density at radius 2 is 1.87 bits per heavy atom. The molecular formula is C12H18O3. The van der Waals surface area contributed by atoms with E-state index in [0.29, 0.717) is 17.3 Å². The normalized spacial score (nSPS) is 41.8. The molecule has 3 rings (SSSR count). The molecule has 3 fully saturated rings. The fourth-order valence-electron chi connectivity index (χ4n) is 3.65. The number of fused-ring (bicyclic) bond motifs is 2. The van der Waals surface area contributed by atoms with Gasteiger partial charge in [-0.15, -0.1) is 0 Å². The van der Waals surface area contributed by atoms with E-state index in [1.165, 1.54) is 6.42 Å². The summed E-state index contributed by atoms with van der Waals surface area (Å²) in [6.45, 7) is 6.51. The Morgan fingerprint density at radius 3 is 2.27 bits per heavy atom. The Bertz CT molecular complexity index is 319. The molecule has 0 aliphatic heterocycles. The lowest BCUT2D eigenvalue weighted by Gasteiger charge is -2.61. The maximum absolute atomic E-state index is 11.5. The van der Waals surface area contributed by atoms with Crippen LogP contribution in [0.15, 0.2) is 0 Å². The van der Waals surface area contributed by atoms with Crippen molar-refractivity contribution in [2.75, 3.05) is 0 Å². The fraction of sp³-hybridized carbons (Fsp3) is 0.833. The zero-order valence-corrected chi connectivity index (χ0v) is 9.49. The van der Waals surface area contributed by atoms with E-state index in [4.69, 9.17) is 5.11 Å². The molecule has 0 heterocycles. The Morgan fingerprint density at radius 1 is 1.27 bits per heavy atom. The molecular weight excluding hydrogens is 192 g/mol. The van der Waals surface area contributed by atoms with Gasteiger partial charge in [0.25, 0.3) is 0 Å². The van der Waals surface area contributed by atoms with Crippen LogP contribution < -0.4 is 0 Å². The highest BCUT2D eigenvalue weighted by Crippen LogP contribution is 2.62. The average molecular weight is 210 g/mol. The lowest BCUT2D eigenvalue weighted by molar-refractivity contribution is -0.165. The van der Waals surface area contributed by atoms with Gasteiger partial charge in [-0.2, -0.15) is 0 Å². The quantitative estimate of drug-likeness (QED) is 0.709. The lowest BCUT2D eigenvalue weighted by Crippen LogP contribution is -2.56. The summed E-state index contributed by atoms with van der Waals surface area (Å²) in [6.07, 6.45) is 1.95. The van der Waals surface area contributed by atoms with Gasteiger partial charge in [-0.25, -0.2) is 4.79 Å². The van der Waals surface area contributed by atoms with Crippen LogP contribution in [0.1, 0.15) is 33.6 Å². The van der Waals surface area contributed by atoms with E-state index in [9.17, 15) is 9.59 Å². The van der Waals surface area contributed by atoms with Crippen LogP contribution in [-0.4, -0.2) is 16.9 Å². The first-order valence-electron chi connectivity index (χ1n) is 5.62. The van der Waals surface area contributed by atoms with Crippen molar-refractivity contribution in [3.63, 3.8) is 0 Å². The van der Waals surface area contributed by atoms with E-state index >= 15 is 0 Å². The third kappa shape index (κ3) is 1.32. The van der Waals surface area contributed by atoms with Gasteiger partial charge in [-0.1, -0.05) is 20.8 Å². The molecule has 0 aromatic carbocycles. The molecule has 4 unspecified atom stereocenters. The molecule has 15 heavy (non-hydrogen) atoms. The number of hydrogen-bond acceptors (Lipinski definition) is 2. The minimum absolute atomic E-state index is 0.230. The second kappa shape index (κ2) is 3.06. The predicted molar refractivity (Wildman–Crippen MR) is 55.3 cm³/mol. The molecule has 4 atom stereocenters. The van der Waals surface area contributed by atoms with Crippen LogP contribution in [0.3, 0.4) is 0 Å². The molecule has 0 amide bonds. The monoisotopic (exact) mass is 210 g/mol. The Balaban J connectivity index is 2.15. The van der Waals surface area contributed by atoms with Crippen LogP contribution >= 0.6 is 0 Å². The summed E-state index contributed by atoms with van der Waals surface area (Å²) < 4.78 is 0. The maximum Gasteiger partial charge on any atom is 0.372 e. The van der Waals surface area contributed by atoms with Crippen LogP contribution in [0.4, 0.5) is 0 Å². The van der Waals surface area contributed by atoms with Gasteiger partial charge in [0.05, 0.1) is 0 Å². The first kappa shape index (κ1) is 10.7. The molecule has 0 aromatic heterocycles. The zero-order chi connectivity index (χ0) is 11.4. The molecule has 0 radical (unpaired) electrons. The molecule has 0 saturated heterocycles. The number of carboxylic acids is 1. The van der Waals surface area contributed by atoms with Gasteiger partial charge in [-0.05, 0) is 36.0 Å². The van der Waals surface area contributed by atoms with E-state index in [-0.39, 0.29) is 11.8 Å². The van der Waals surface area contributed by atoms with Crippen molar-refractivity contribution >= 4 is 11.8 Å². The first-order chi connectivity index (χ1) is 6.85.